The van der Waals surface area contributed by atoms with Gasteiger partial charge in [-0.15, -0.1) is 0 Å². The summed E-state index contributed by atoms with van der Waals surface area (Å²) in [6.45, 7) is 8.31. The Morgan fingerprint density at radius 3 is 2.58 bits per heavy atom. The fraction of sp³-hybridized carbons (Fsp3) is 0.429. The summed E-state index contributed by atoms with van der Waals surface area (Å²) in [5.74, 6) is 0. The largest absolute Gasteiger partial charge is 0.444 e. The molecule has 1 unspecified atom stereocenters. The van der Waals surface area contributed by atoms with Crippen molar-refractivity contribution in [3.63, 3.8) is 0 Å². The Balaban J connectivity index is 1.84. The number of fused-ring (bicyclic) bond motifs is 1. The van der Waals surface area contributed by atoms with Crippen molar-refractivity contribution in [2.75, 3.05) is 6.54 Å². The zero-order valence-electron chi connectivity index (χ0n) is 16.2. The van der Waals surface area contributed by atoms with Gasteiger partial charge in [0.05, 0.1) is 17.4 Å². The van der Waals surface area contributed by atoms with Crippen LogP contribution in [0.2, 0.25) is 0 Å². The van der Waals surface area contributed by atoms with Crippen LogP contribution in [0.3, 0.4) is 0 Å². The van der Waals surface area contributed by atoms with E-state index >= 15 is 0 Å². The van der Waals surface area contributed by atoms with Crippen LogP contribution in [0.5, 0.6) is 0 Å². The Kier molecular flexibility index (Phi) is 4.90. The molecule has 0 spiro atoms. The third-order valence-corrected chi connectivity index (χ3v) is 4.55. The van der Waals surface area contributed by atoms with Crippen LogP contribution in [0.25, 0.3) is 12.2 Å². The average molecular weight is 353 g/mol. The van der Waals surface area contributed by atoms with E-state index in [1.807, 2.05) is 57.6 Å². The molecule has 5 heteroatoms. The SMILES string of the molecule is CC1c2nn(C)c(/C=C/c3ccccc3)c2CCN1C(=O)OC(C)(C)C. The van der Waals surface area contributed by atoms with Gasteiger partial charge in [-0.25, -0.2) is 4.79 Å². The molecule has 3 rings (SSSR count). The molecular weight excluding hydrogens is 326 g/mol. The summed E-state index contributed by atoms with van der Waals surface area (Å²) in [4.78, 5) is 14.3. The lowest BCUT2D eigenvalue weighted by Crippen LogP contribution is -2.42. The van der Waals surface area contributed by atoms with Crippen molar-refractivity contribution in [1.82, 2.24) is 14.7 Å². The van der Waals surface area contributed by atoms with E-state index in [9.17, 15) is 4.79 Å². The van der Waals surface area contributed by atoms with Crippen molar-refractivity contribution in [3.05, 3.63) is 52.8 Å². The molecular formula is C21H27N3O2. The first-order valence-electron chi connectivity index (χ1n) is 9.05. The molecule has 26 heavy (non-hydrogen) atoms. The molecule has 2 aromatic rings. The molecule has 1 aliphatic heterocycles. The minimum atomic E-state index is -0.495. The molecule has 0 aliphatic carbocycles. The molecule has 5 nitrogen and oxygen atoms in total. The van der Waals surface area contributed by atoms with Gasteiger partial charge >= 0.3 is 6.09 Å². The van der Waals surface area contributed by atoms with Gasteiger partial charge in [0.15, 0.2) is 0 Å². The number of hydrogen-bond donors (Lipinski definition) is 0. The Hall–Kier alpha value is -2.56. The fourth-order valence-corrected chi connectivity index (χ4v) is 3.29. The lowest BCUT2D eigenvalue weighted by atomic mass is 9.98. The van der Waals surface area contributed by atoms with Crippen LogP contribution in [0.1, 0.15) is 56.3 Å². The smallest absolute Gasteiger partial charge is 0.410 e. The number of nitrogens with zero attached hydrogens (tertiary/aromatic N) is 3. The monoisotopic (exact) mass is 353 g/mol. The van der Waals surface area contributed by atoms with Gasteiger partial charge in [0.1, 0.15) is 5.60 Å². The van der Waals surface area contributed by atoms with Crippen LogP contribution in [-0.2, 0) is 18.2 Å². The van der Waals surface area contributed by atoms with E-state index in [1.54, 1.807) is 4.90 Å². The number of carbonyl (C=O) groups is 1. The van der Waals surface area contributed by atoms with Crippen LogP contribution in [0.4, 0.5) is 4.79 Å². The fourth-order valence-electron chi connectivity index (χ4n) is 3.29. The highest BCUT2D eigenvalue weighted by Gasteiger charge is 2.34. The first kappa shape index (κ1) is 18.2. The number of rotatable bonds is 2. The first-order valence-corrected chi connectivity index (χ1v) is 9.05. The molecule has 1 atom stereocenters. The second-order valence-electron chi connectivity index (χ2n) is 7.72. The number of aryl methyl sites for hydroxylation is 1. The molecule has 2 heterocycles. The van der Waals surface area contributed by atoms with E-state index in [4.69, 9.17) is 4.74 Å². The van der Waals surface area contributed by atoms with E-state index in [2.05, 4.69) is 29.4 Å². The van der Waals surface area contributed by atoms with Crippen molar-refractivity contribution in [2.24, 2.45) is 7.05 Å². The molecule has 1 aliphatic rings. The second-order valence-corrected chi connectivity index (χ2v) is 7.72. The van der Waals surface area contributed by atoms with Crippen molar-refractivity contribution in [3.8, 4) is 0 Å². The maximum Gasteiger partial charge on any atom is 0.410 e. The maximum absolute atomic E-state index is 12.5. The number of carbonyl (C=O) groups excluding carboxylic acids is 1. The minimum absolute atomic E-state index is 0.0984. The normalized spacial score (nSPS) is 17.4. The molecule has 0 N–H and O–H groups in total. The third-order valence-electron chi connectivity index (χ3n) is 4.55. The van der Waals surface area contributed by atoms with E-state index in [0.29, 0.717) is 6.54 Å². The van der Waals surface area contributed by atoms with E-state index < -0.39 is 5.60 Å². The van der Waals surface area contributed by atoms with Crippen molar-refractivity contribution < 1.29 is 9.53 Å². The lowest BCUT2D eigenvalue weighted by Gasteiger charge is -2.34. The van der Waals surface area contributed by atoms with Crippen molar-refractivity contribution >= 4 is 18.2 Å². The van der Waals surface area contributed by atoms with Gasteiger partial charge in [-0.1, -0.05) is 36.4 Å². The van der Waals surface area contributed by atoms with Gasteiger partial charge < -0.3 is 4.74 Å². The molecule has 138 valence electrons. The summed E-state index contributed by atoms with van der Waals surface area (Å²) < 4.78 is 7.45. The summed E-state index contributed by atoms with van der Waals surface area (Å²) in [7, 11) is 1.95. The summed E-state index contributed by atoms with van der Waals surface area (Å²) in [5.41, 5.74) is 3.93. The van der Waals surface area contributed by atoms with Crippen LogP contribution in [0.15, 0.2) is 30.3 Å². The maximum atomic E-state index is 12.5. The van der Waals surface area contributed by atoms with Gasteiger partial charge in [-0.3, -0.25) is 9.58 Å². The minimum Gasteiger partial charge on any atom is -0.444 e. The molecule has 0 bridgehead atoms. The lowest BCUT2D eigenvalue weighted by molar-refractivity contribution is 0.0155. The summed E-state index contributed by atoms with van der Waals surface area (Å²) >= 11 is 0. The topological polar surface area (TPSA) is 47.4 Å². The van der Waals surface area contributed by atoms with Gasteiger partial charge in [-0.05, 0) is 45.8 Å². The van der Waals surface area contributed by atoms with Crippen molar-refractivity contribution in [1.29, 1.82) is 0 Å². The Morgan fingerprint density at radius 1 is 1.23 bits per heavy atom. The Bertz CT molecular complexity index is 816. The molecule has 0 saturated heterocycles. The zero-order chi connectivity index (χ0) is 18.9. The van der Waals surface area contributed by atoms with Crippen LogP contribution >= 0.6 is 0 Å². The van der Waals surface area contributed by atoms with Gasteiger partial charge in [0.2, 0.25) is 0 Å². The number of aromatic nitrogens is 2. The van der Waals surface area contributed by atoms with Gasteiger partial charge in [0, 0.05) is 19.2 Å². The molecule has 0 fully saturated rings. The van der Waals surface area contributed by atoms with Crippen molar-refractivity contribution in [2.45, 2.75) is 45.8 Å². The first-order chi connectivity index (χ1) is 12.3. The standard InChI is InChI=1S/C21H27N3O2/c1-15-19-17(13-14-24(15)20(25)26-21(2,3)4)18(23(5)22-19)12-11-16-9-7-6-8-10-16/h6-12,15H,13-14H2,1-5H3/b12-11+. The second kappa shape index (κ2) is 6.98. The number of hydrogen-bond acceptors (Lipinski definition) is 3. The predicted octanol–water partition coefficient (Wildman–Crippen LogP) is 4.44. The average Bonchev–Trinajstić information content (AvgIpc) is 2.89. The summed E-state index contributed by atoms with van der Waals surface area (Å²) in [6.07, 6.45) is 4.71. The molecule has 1 aromatic heterocycles. The van der Waals surface area contributed by atoms with Gasteiger partial charge in [0.25, 0.3) is 0 Å². The molecule has 0 radical (unpaired) electrons. The predicted molar refractivity (Wildman–Crippen MR) is 104 cm³/mol. The highest BCUT2D eigenvalue weighted by Crippen LogP contribution is 2.32. The van der Waals surface area contributed by atoms with E-state index in [-0.39, 0.29) is 12.1 Å². The summed E-state index contributed by atoms with van der Waals surface area (Å²) in [5, 5.41) is 4.69. The van der Waals surface area contributed by atoms with Crippen LogP contribution in [0, 0.1) is 0 Å². The highest BCUT2D eigenvalue weighted by atomic mass is 16.6. The quantitative estimate of drug-likeness (QED) is 0.802. The van der Waals surface area contributed by atoms with Crippen LogP contribution in [-0.4, -0.2) is 32.9 Å². The van der Waals surface area contributed by atoms with Gasteiger partial charge in [-0.2, -0.15) is 5.10 Å². The number of benzene rings is 1. The van der Waals surface area contributed by atoms with E-state index in [1.165, 1.54) is 5.56 Å². The molecule has 0 saturated carbocycles. The number of amides is 1. The Labute approximate surface area is 155 Å². The zero-order valence-corrected chi connectivity index (χ0v) is 16.2. The van der Waals surface area contributed by atoms with E-state index in [0.717, 1.165) is 23.4 Å². The third kappa shape index (κ3) is 3.82. The highest BCUT2D eigenvalue weighted by molar-refractivity contribution is 5.72. The molecule has 1 amide bonds. The van der Waals surface area contributed by atoms with Crippen LogP contribution < -0.4 is 0 Å². The number of ether oxygens (including phenoxy) is 1. The molecule has 1 aromatic carbocycles. The summed E-state index contributed by atoms with van der Waals surface area (Å²) in [6, 6.07) is 10.1. The Morgan fingerprint density at radius 2 is 1.92 bits per heavy atom.